The van der Waals surface area contributed by atoms with Gasteiger partial charge >= 0.3 is 0 Å². The number of benzene rings is 2. The van der Waals surface area contributed by atoms with E-state index in [1.165, 1.54) is 48.7 Å². The summed E-state index contributed by atoms with van der Waals surface area (Å²) in [5.41, 5.74) is 0.209. The summed E-state index contributed by atoms with van der Waals surface area (Å²) < 4.78 is 13.4. The van der Waals surface area contributed by atoms with Gasteiger partial charge in [-0.2, -0.15) is 5.26 Å². The highest BCUT2D eigenvalue weighted by Crippen LogP contribution is 2.47. The van der Waals surface area contributed by atoms with Crippen LogP contribution in [0.1, 0.15) is 10.4 Å². The summed E-state index contributed by atoms with van der Waals surface area (Å²) in [5.74, 6) is -4.32. The second-order valence-electron chi connectivity index (χ2n) is 8.14. The number of allylic oxidation sites excluding steroid dienone is 2. The Morgan fingerprint density at radius 2 is 1.79 bits per heavy atom. The molecule has 0 radical (unpaired) electrons. The molecule has 0 aromatic heterocycles. The number of nitriles is 1. The number of anilines is 1. The predicted molar refractivity (Wildman–Crippen MR) is 116 cm³/mol. The van der Waals surface area contributed by atoms with Crippen LogP contribution in [0.2, 0.25) is 0 Å². The van der Waals surface area contributed by atoms with Crippen LogP contribution < -0.4 is 4.90 Å². The number of hydrogen-bond donors (Lipinski definition) is 0. The number of halogens is 1. The van der Waals surface area contributed by atoms with Gasteiger partial charge in [0.05, 0.1) is 40.1 Å². The topological polar surface area (TPSA) is 125 Å². The van der Waals surface area contributed by atoms with E-state index in [0.29, 0.717) is 0 Å². The number of nitro groups is 1. The van der Waals surface area contributed by atoms with Gasteiger partial charge in [0.1, 0.15) is 11.9 Å². The van der Waals surface area contributed by atoms with E-state index in [1.807, 2.05) is 6.07 Å². The lowest BCUT2D eigenvalue weighted by Gasteiger charge is -2.32. The number of rotatable bonds is 4. The quantitative estimate of drug-likeness (QED) is 0.299. The molecule has 34 heavy (non-hydrogen) atoms. The Kier molecular flexibility index (Phi) is 4.83. The van der Waals surface area contributed by atoms with Crippen molar-refractivity contribution in [1.82, 2.24) is 4.90 Å². The van der Waals surface area contributed by atoms with Gasteiger partial charge in [-0.15, -0.1) is 0 Å². The standard InChI is InChI=1S/C24H15FN4O5/c25-15-4-6-16(7-5-15)28-23(31)19-18-10-13(12-26)8-9-27(18)21(20(19)24(28)32)22(30)14-2-1-3-17(11-14)29(33)34/h1-11,18-21H/t18-,19-,20-,21-/m1/s1. The van der Waals surface area contributed by atoms with Crippen LogP contribution in [0.25, 0.3) is 0 Å². The van der Waals surface area contributed by atoms with Gasteiger partial charge in [-0.1, -0.05) is 12.1 Å². The minimum Gasteiger partial charge on any atom is -0.359 e. The largest absolute Gasteiger partial charge is 0.359 e. The smallest absolute Gasteiger partial charge is 0.270 e. The maximum atomic E-state index is 13.6. The van der Waals surface area contributed by atoms with Crippen molar-refractivity contribution in [2.45, 2.75) is 12.1 Å². The Morgan fingerprint density at radius 3 is 2.47 bits per heavy atom. The average Bonchev–Trinajstić information content (AvgIpc) is 3.31. The van der Waals surface area contributed by atoms with Crippen LogP contribution in [-0.2, 0) is 9.59 Å². The van der Waals surface area contributed by atoms with Gasteiger partial charge in [0.2, 0.25) is 11.8 Å². The highest BCUT2D eigenvalue weighted by molar-refractivity contribution is 6.24. The van der Waals surface area contributed by atoms with Crippen LogP contribution in [0.4, 0.5) is 15.8 Å². The Hall–Kier alpha value is -4.65. The first-order chi connectivity index (χ1) is 16.3. The molecule has 5 rings (SSSR count). The number of nitro benzene ring substituents is 1. The molecule has 2 amide bonds. The van der Waals surface area contributed by atoms with E-state index in [4.69, 9.17) is 0 Å². The molecule has 2 saturated heterocycles. The normalized spacial score (nSPS) is 25.0. The zero-order chi connectivity index (χ0) is 24.1. The number of Topliss-reactive ketones (excluding diaryl/α,β-unsaturated/α-hetero) is 1. The van der Waals surface area contributed by atoms with Gasteiger partial charge in [0.25, 0.3) is 5.69 Å². The van der Waals surface area contributed by atoms with Crippen molar-refractivity contribution in [3.8, 4) is 6.07 Å². The van der Waals surface area contributed by atoms with Crippen LogP contribution in [0, 0.1) is 39.1 Å². The number of nitrogens with zero attached hydrogens (tertiary/aromatic N) is 4. The molecule has 4 atom stereocenters. The zero-order valence-corrected chi connectivity index (χ0v) is 17.4. The fraction of sp³-hybridized carbons (Fsp3) is 0.167. The molecular weight excluding hydrogens is 443 g/mol. The van der Waals surface area contributed by atoms with E-state index >= 15 is 0 Å². The molecule has 3 heterocycles. The van der Waals surface area contributed by atoms with Crippen molar-refractivity contribution in [1.29, 1.82) is 5.26 Å². The lowest BCUT2D eigenvalue weighted by molar-refractivity contribution is -0.384. The molecule has 3 aliphatic rings. The number of non-ortho nitro benzene ring substituents is 1. The maximum absolute atomic E-state index is 13.6. The fourth-order valence-electron chi connectivity index (χ4n) is 4.91. The van der Waals surface area contributed by atoms with Gasteiger partial charge < -0.3 is 4.90 Å². The van der Waals surface area contributed by atoms with Crippen LogP contribution >= 0.6 is 0 Å². The number of amides is 2. The number of carbonyl (C=O) groups is 3. The van der Waals surface area contributed by atoms with Crippen LogP contribution in [0.3, 0.4) is 0 Å². The third-order valence-electron chi connectivity index (χ3n) is 6.37. The predicted octanol–water partition coefficient (Wildman–Crippen LogP) is 2.75. The SMILES string of the molecule is N#CC1=C[C@@H]2[C@H]3C(=O)N(c4ccc(F)cc4)C(=O)[C@H]3[C@H](C(=O)c3cccc([N+](=O)[O-])c3)N2C=C1. The van der Waals surface area contributed by atoms with Gasteiger partial charge in [-0.3, -0.25) is 24.5 Å². The molecular formula is C24H15FN4O5. The first kappa shape index (κ1) is 21.2. The monoisotopic (exact) mass is 458 g/mol. The average molecular weight is 458 g/mol. The lowest BCUT2D eigenvalue weighted by Crippen LogP contribution is -2.46. The number of imide groups is 1. The van der Waals surface area contributed by atoms with Gasteiger partial charge in [-0.05, 0) is 36.4 Å². The van der Waals surface area contributed by atoms with Crippen molar-refractivity contribution in [3.63, 3.8) is 0 Å². The molecule has 0 aliphatic carbocycles. The molecule has 0 unspecified atom stereocenters. The van der Waals surface area contributed by atoms with E-state index in [2.05, 4.69) is 0 Å². The second-order valence-corrected chi connectivity index (χ2v) is 8.14. The number of ketones is 1. The molecule has 0 spiro atoms. The van der Waals surface area contributed by atoms with Crippen molar-refractivity contribution < 1.29 is 23.7 Å². The number of fused-ring (bicyclic) bond motifs is 3. The van der Waals surface area contributed by atoms with E-state index < -0.39 is 52.3 Å². The van der Waals surface area contributed by atoms with E-state index in [1.54, 1.807) is 4.90 Å². The fourth-order valence-corrected chi connectivity index (χ4v) is 4.91. The highest BCUT2D eigenvalue weighted by Gasteiger charge is 2.63. The van der Waals surface area contributed by atoms with Gasteiger partial charge in [0.15, 0.2) is 5.78 Å². The summed E-state index contributed by atoms with van der Waals surface area (Å²) in [6, 6.07) is 10.2. The summed E-state index contributed by atoms with van der Waals surface area (Å²) in [6.07, 6.45) is 4.53. The van der Waals surface area contributed by atoms with Crippen LogP contribution in [0.5, 0.6) is 0 Å². The first-order valence-corrected chi connectivity index (χ1v) is 10.3. The van der Waals surface area contributed by atoms with E-state index in [0.717, 1.165) is 23.1 Å². The van der Waals surface area contributed by atoms with Crippen LogP contribution in [-0.4, -0.2) is 39.5 Å². The van der Waals surface area contributed by atoms with E-state index in [-0.39, 0.29) is 22.5 Å². The summed E-state index contributed by atoms with van der Waals surface area (Å²) in [5, 5.41) is 20.5. The van der Waals surface area contributed by atoms with Crippen molar-refractivity contribution >= 4 is 29.0 Å². The molecule has 3 aliphatic heterocycles. The van der Waals surface area contributed by atoms with Crippen molar-refractivity contribution in [2.24, 2.45) is 11.8 Å². The Bertz CT molecular complexity index is 1360. The molecule has 9 nitrogen and oxygen atoms in total. The summed E-state index contributed by atoms with van der Waals surface area (Å²) in [6.45, 7) is 0. The Morgan fingerprint density at radius 1 is 1.09 bits per heavy atom. The van der Waals surface area contributed by atoms with Crippen molar-refractivity contribution in [2.75, 3.05) is 4.90 Å². The molecule has 0 N–H and O–H groups in total. The Balaban J connectivity index is 1.60. The molecule has 2 aromatic rings. The number of carbonyl (C=O) groups excluding carboxylic acids is 3. The van der Waals surface area contributed by atoms with Gasteiger partial charge in [-0.25, -0.2) is 9.29 Å². The summed E-state index contributed by atoms with van der Waals surface area (Å²) in [4.78, 5) is 53.6. The van der Waals surface area contributed by atoms with Gasteiger partial charge in [0, 0.05) is 23.9 Å². The summed E-state index contributed by atoms with van der Waals surface area (Å²) in [7, 11) is 0. The lowest BCUT2D eigenvalue weighted by atomic mass is 9.86. The highest BCUT2D eigenvalue weighted by atomic mass is 19.1. The minimum absolute atomic E-state index is 0.0301. The van der Waals surface area contributed by atoms with Crippen LogP contribution in [0.15, 0.2) is 72.5 Å². The molecule has 2 fully saturated rings. The third kappa shape index (κ3) is 3.09. The molecule has 0 saturated carbocycles. The Labute approximate surface area is 192 Å². The van der Waals surface area contributed by atoms with Crippen molar-refractivity contribution in [3.05, 3.63) is 94.0 Å². The third-order valence-corrected chi connectivity index (χ3v) is 6.37. The maximum Gasteiger partial charge on any atom is 0.270 e. The second kappa shape index (κ2) is 7.74. The first-order valence-electron chi connectivity index (χ1n) is 10.3. The molecule has 0 bridgehead atoms. The molecule has 10 heteroatoms. The minimum atomic E-state index is -1.12. The zero-order valence-electron chi connectivity index (χ0n) is 17.4. The number of hydrogen-bond acceptors (Lipinski definition) is 7. The molecule has 168 valence electrons. The summed E-state index contributed by atoms with van der Waals surface area (Å²) >= 11 is 0. The molecule has 2 aromatic carbocycles. The van der Waals surface area contributed by atoms with E-state index in [9.17, 15) is 34.2 Å².